The van der Waals surface area contributed by atoms with Gasteiger partial charge in [-0.2, -0.15) is 0 Å². The third-order valence-corrected chi connectivity index (χ3v) is 3.69. The van der Waals surface area contributed by atoms with Crippen molar-refractivity contribution >= 4 is 17.7 Å². The molecule has 0 fully saturated rings. The quantitative estimate of drug-likeness (QED) is 0.773. The summed E-state index contributed by atoms with van der Waals surface area (Å²) in [5, 5.41) is 11.5. The van der Waals surface area contributed by atoms with Crippen molar-refractivity contribution in [2.45, 2.75) is 11.7 Å². The fourth-order valence-electron chi connectivity index (χ4n) is 1.55. The Hall–Kier alpha value is -1.96. The molecule has 1 aromatic carbocycles. The summed E-state index contributed by atoms with van der Waals surface area (Å²) < 4.78 is 15.0. The van der Waals surface area contributed by atoms with Crippen LogP contribution in [0, 0.1) is 5.82 Å². The van der Waals surface area contributed by atoms with Gasteiger partial charge in [0.2, 0.25) is 11.1 Å². The van der Waals surface area contributed by atoms with E-state index in [-0.39, 0.29) is 24.0 Å². The number of nitrogens with zero attached hydrogens (tertiary/aromatic N) is 5. The first-order valence-electron chi connectivity index (χ1n) is 5.90. The van der Waals surface area contributed by atoms with Crippen LogP contribution in [-0.2, 0) is 18.4 Å². The van der Waals surface area contributed by atoms with Gasteiger partial charge < -0.3 is 4.90 Å². The Morgan fingerprint density at radius 3 is 2.85 bits per heavy atom. The van der Waals surface area contributed by atoms with Crippen LogP contribution in [-0.4, -0.2) is 43.8 Å². The fraction of sp³-hybridized carbons (Fsp3) is 0.333. The molecule has 0 unspecified atom stereocenters. The lowest BCUT2D eigenvalue weighted by Gasteiger charge is -2.17. The van der Waals surface area contributed by atoms with Gasteiger partial charge in [-0.15, -0.1) is 5.10 Å². The van der Waals surface area contributed by atoms with Crippen LogP contribution in [0.1, 0.15) is 5.56 Å². The normalized spacial score (nSPS) is 10.6. The molecular formula is C12H14FN5OS. The molecule has 0 aliphatic rings. The highest BCUT2D eigenvalue weighted by molar-refractivity contribution is 7.99. The van der Waals surface area contributed by atoms with Crippen LogP contribution < -0.4 is 0 Å². The summed E-state index contributed by atoms with van der Waals surface area (Å²) in [7, 11) is 3.35. The van der Waals surface area contributed by atoms with E-state index in [4.69, 9.17) is 0 Å². The largest absolute Gasteiger partial charge is 0.341 e. The number of aromatic nitrogens is 4. The molecule has 1 aromatic heterocycles. The van der Waals surface area contributed by atoms with E-state index in [1.165, 1.54) is 27.4 Å². The van der Waals surface area contributed by atoms with Gasteiger partial charge in [0.15, 0.2) is 0 Å². The molecule has 2 aromatic rings. The Labute approximate surface area is 120 Å². The van der Waals surface area contributed by atoms with Gasteiger partial charge in [0.05, 0.1) is 5.75 Å². The zero-order valence-corrected chi connectivity index (χ0v) is 12.0. The topological polar surface area (TPSA) is 63.9 Å². The number of thioether (sulfide) groups is 1. The molecular weight excluding hydrogens is 281 g/mol. The van der Waals surface area contributed by atoms with Gasteiger partial charge in [-0.05, 0) is 16.5 Å². The van der Waals surface area contributed by atoms with Gasteiger partial charge in [0.25, 0.3) is 0 Å². The number of carbonyl (C=O) groups excluding carboxylic acids is 1. The summed E-state index contributed by atoms with van der Waals surface area (Å²) in [5.74, 6) is -0.210. The molecule has 0 N–H and O–H groups in total. The minimum Gasteiger partial charge on any atom is -0.341 e. The van der Waals surface area contributed by atoms with E-state index < -0.39 is 0 Å². The zero-order valence-electron chi connectivity index (χ0n) is 11.2. The highest BCUT2D eigenvalue weighted by Crippen LogP contribution is 2.14. The molecule has 6 nitrogen and oxygen atoms in total. The van der Waals surface area contributed by atoms with E-state index in [1.807, 2.05) is 0 Å². The van der Waals surface area contributed by atoms with Crippen LogP contribution in [0.5, 0.6) is 0 Å². The SMILES string of the molecule is CN(Cc1ccccc1F)C(=O)CSc1nnnn1C. The molecule has 1 amide bonds. The van der Waals surface area contributed by atoms with Crippen LogP contribution in [0.25, 0.3) is 0 Å². The van der Waals surface area contributed by atoms with E-state index in [1.54, 1.807) is 32.3 Å². The first kappa shape index (κ1) is 14.4. The molecule has 0 aliphatic heterocycles. The summed E-state index contributed by atoms with van der Waals surface area (Å²) in [6.45, 7) is 0.239. The molecule has 106 valence electrons. The lowest BCUT2D eigenvalue weighted by molar-refractivity contribution is -0.127. The van der Waals surface area contributed by atoms with Gasteiger partial charge in [0.1, 0.15) is 5.82 Å². The molecule has 0 saturated heterocycles. The number of hydrogen-bond acceptors (Lipinski definition) is 5. The second kappa shape index (κ2) is 6.47. The van der Waals surface area contributed by atoms with Gasteiger partial charge in [-0.1, -0.05) is 30.0 Å². The number of carbonyl (C=O) groups is 1. The minimum absolute atomic E-state index is 0.110. The Morgan fingerprint density at radius 1 is 1.45 bits per heavy atom. The monoisotopic (exact) mass is 295 g/mol. The van der Waals surface area contributed by atoms with Gasteiger partial charge in [0, 0.05) is 26.2 Å². The van der Waals surface area contributed by atoms with E-state index >= 15 is 0 Å². The first-order chi connectivity index (χ1) is 9.58. The lowest BCUT2D eigenvalue weighted by Crippen LogP contribution is -2.28. The number of hydrogen-bond donors (Lipinski definition) is 0. The van der Waals surface area contributed by atoms with Gasteiger partial charge in [-0.25, -0.2) is 9.07 Å². The van der Waals surface area contributed by atoms with Crippen molar-refractivity contribution in [3.63, 3.8) is 0 Å². The standard InChI is InChI=1S/C12H14FN5OS/c1-17(7-9-5-3-4-6-10(9)13)11(19)8-20-12-14-15-16-18(12)2/h3-6H,7-8H2,1-2H3. The molecule has 20 heavy (non-hydrogen) atoms. The molecule has 2 rings (SSSR count). The number of tetrazole rings is 1. The van der Waals surface area contributed by atoms with Crippen molar-refractivity contribution in [2.75, 3.05) is 12.8 Å². The molecule has 0 spiro atoms. The maximum absolute atomic E-state index is 13.5. The Balaban J connectivity index is 1.89. The number of benzene rings is 1. The maximum atomic E-state index is 13.5. The molecule has 8 heteroatoms. The zero-order chi connectivity index (χ0) is 14.5. The van der Waals surface area contributed by atoms with Crippen molar-refractivity contribution in [1.82, 2.24) is 25.1 Å². The van der Waals surface area contributed by atoms with E-state index in [0.717, 1.165) is 0 Å². The number of amides is 1. The molecule has 0 bridgehead atoms. The maximum Gasteiger partial charge on any atom is 0.233 e. The highest BCUT2D eigenvalue weighted by Gasteiger charge is 2.13. The average Bonchev–Trinajstić information content (AvgIpc) is 2.84. The third-order valence-electron chi connectivity index (χ3n) is 2.70. The van der Waals surface area contributed by atoms with Crippen molar-refractivity contribution in [3.05, 3.63) is 35.6 Å². The molecule has 0 atom stereocenters. The van der Waals surface area contributed by atoms with E-state index in [0.29, 0.717) is 10.7 Å². The van der Waals surface area contributed by atoms with Crippen LogP contribution in [0.4, 0.5) is 4.39 Å². The fourth-order valence-corrected chi connectivity index (χ4v) is 2.34. The van der Waals surface area contributed by atoms with Crippen LogP contribution in [0.2, 0.25) is 0 Å². The summed E-state index contributed by atoms with van der Waals surface area (Å²) in [6.07, 6.45) is 0. The third kappa shape index (κ3) is 3.53. The molecule has 0 aliphatic carbocycles. The summed E-state index contributed by atoms with van der Waals surface area (Å²) in [5.41, 5.74) is 0.494. The predicted molar refractivity (Wildman–Crippen MR) is 72.4 cm³/mol. The predicted octanol–water partition coefficient (Wildman–Crippen LogP) is 1.10. The number of halogens is 1. The minimum atomic E-state index is -0.308. The Morgan fingerprint density at radius 2 is 2.20 bits per heavy atom. The lowest BCUT2D eigenvalue weighted by atomic mass is 10.2. The number of aryl methyl sites for hydroxylation is 1. The molecule has 1 heterocycles. The van der Waals surface area contributed by atoms with Crippen LogP contribution in [0.3, 0.4) is 0 Å². The Bertz CT molecular complexity index is 603. The summed E-state index contributed by atoms with van der Waals surface area (Å²) in [6, 6.07) is 6.42. The van der Waals surface area contributed by atoms with E-state index in [2.05, 4.69) is 15.5 Å². The smallest absolute Gasteiger partial charge is 0.233 e. The number of rotatable bonds is 5. The average molecular weight is 295 g/mol. The van der Waals surface area contributed by atoms with Crippen LogP contribution in [0.15, 0.2) is 29.4 Å². The highest BCUT2D eigenvalue weighted by atomic mass is 32.2. The molecule has 0 saturated carbocycles. The van der Waals surface area contributed by atoms with Gasteiger partial charge in [-0.3, -0.25) is 4.79 Å². The summed E-state index contributed by atoms with van der Waals surface area (Å²) >= 11 is 1.25. The second-order valence-electron chi connectivity index (χ2n) is 4.21. The Kier molecular flexibility index (Phi) is 4.67. The van der Waals surface area contributed by atoms with Crippen LogP contribution >= 0.6 is 11.8 Å². The van der Waals surface area contributed by atoms with Crippen molar-refractivity contribution in [3.8, 4) is 0 Å². The second-order valence-corrected chi connectivity index (χ2v) is 5.16. The van der Waals surface area contributed by atoms with E-state index in [9.17, 15) is 9.18 Å². The molecule has 0 radical (unpaired) electrons. The van der Waals surface area contributed by atoms with Crippen molar-refractivity contribution in [1.29, 1.82) is 0 Å². The van der Waals surface area contributed by atoms with Crippen molar-refractivity contribution < 1.29 is 9.18 Å². The first-order valence-corrected chi connectivity index (χ1v) is 6.89. The van der Waals surface area contributed by atoms with Gasteiger partial charge >= 0.3 is 0 Å². The van der Waals surface area contributed by atoms with Crippen molar-refractivity contribution in [2.24, 2.45) is 7.05 Å². The summed E-state index contributed by atoms with van der Waals surface area (Å²) in [4.78, 5) is 13.5.